The highest BCUT2D eigenvalue weighted by Crippen LogP contribution is 2.35. The molecule has 5 heteroatoms. The van der Waals surface area contributed by atoms with Crippen LogP contribution in [0.5, 0.6) is 17.2 Å². The zero-order chi connectivity index (χ0) is 10.6. The molecule has 3 nitrogen and oxygen atoms in total. The molecule has 78 valence electrons. The summed E-state index contributed by atoms with van der Waals surface area (Å²) in [5.74, 6) is 1.47. The van der Waals surface area contributed by atoms with Crippen molar-refractivity contribution in [2.45, 2.75) is 0 Å². The average molecular weight is 312 g/mol. The average Bonchev–Trinajstić information content (AvgIpc) is 2.20. The molecule has 0 N–H and O–H groups in total. The van der Waals surface area contributed by atoms with E-state index in [0.717, 1.165) is 3.57 Å². The summed E-state index contributed by atoms with van der Waals surface area (Å²) in [6, 6.07) is 3.32. The van der Waals surface area contributed by atoms with Crippen LogP contribution in [0.1, 0.15) is 0 Å². The second-order valence-corrected chi connectivity index (χ2v) is 3.55. The molecule has 0 radical (unpaired) electrons. The number of hydrogen-bond donors (Lipinski definition) is 0. The summed E-state index contributed by atoms with van der Waals surface area (Å²) in [5, 5.41) is 0. The maximum absolute atomic E-state index is 12.0. The summed E-state index contributed by atoms with van der Waals surface area (Å²) < 4.78 is 27.7. The first-order chi connectivity index (χ1) is 6.72. The molecule has 0 spiro atoms. The molecule has 0 saturated heterocycles. The zero-order valence-corrected chi connectivity index (χ0v) is 10.00. The van der Waals surface area contributed by atoms with Crippen LogP contribution in [0.4, 0.5) is 4.39 Å². The first-order valence-electron chi connectivity index (χ1n) is 3.83. The molecule has 14 heavy (non-hydrogen) atoms. The molecule has 0 atom stereocenters. The van der Waals surface area contributed by atoms with Crippen molar-refractivity contribution < 1.29 is 18.6 Å². The summed E-state index contributed by atoms with van der Waals surface area (Å²) >= 11 is 2.10. The standard InChI is InChI=1S/C9H10FIO3/c1-12-7-4-9(14-5-10)8(13-2)3-6(7)11/h3-4H,5H2,1-2H3. The van der Waals surface area contributed by atoms with Gasteiger partial charge in [-0.05, 0) is 22.6 Å². The summed E-state index contributed by atoms with van der Waals surface area (Å²) in [7, 11) is 3.05. The zero-order valence-electron chi connectivity index (χ0n) is 7.84. The van der Waals surface area contributed by atoms with Crippen LogP contribution in [-0.4, -0.2) is 21.1 Å². The number of methoxy groups -OCH3 is 2. The van der Waals surface area contributed by atoms with Crippen molar-refractivity contribution in [1.82, 2.24) is 0 Å². The molecule has 0 saturated carbocycles. The maximum atomic E-state index is 12.0. The molecule has 1 rings (SSSR count). The van der Waals surface area contributed by atoms with Crippen molar-refractivity contribution in [1.29, 1.82) is 0 Å². The second kappa shape index (κ2) is 5.23. The van der Waals surface area contributed by atoms with Crippen LogP contribution < -0.4 is 14.2 Å². The Kier molecular flexibility index (Phi) is 4.24. The van der Waals surface area contributed by atoms with Crippen LogP contribution in [0.2, 0.25) is 0 Å². The minimum atomic E-state index is -0.889. The first-order valence-corrected chi connectivity index (χ1v) is 4.91. The van der Waals surface area contributed by atoms with E-state index in [4.69, 9.17) is 14.2 Å². The third-order valence-electron chi connectivity index (χ3n) is 1.65. The Balaban J connectivity index is 3.11. The van der Waals surface area contributed by atoms with Gasteiger partial charge in [0.1, 0.15) is 5.75 Å². The molecule has 1 aromatic rings. The van der Waals surface area contributed by atoms with E-state index in [1.54, 1.807) is 19.2 Å². The van der Waals surface area contributed by atoms with Gasteiger partial charge in [-0.15, -0.1) is 0 Å². The van der Waals surface area contributed by atoms with Crippen LogP contribution >= 0.6 is 22.6 Å². The molecule has 0 heterocycles. The third-order valence-corrected chi connectivity index (χ3v) is 2.49. The number of alkyl halides is 1. The van der Waals surface area contributed by atoms with E-state index < -0.39 is 6.86 Å². The Labute approximate surface area is 95.3 Å². The number of ether oxygens (including phenoxy) is 3. The Morgan fingerprint density at radius 2 is 1.79 bits per heavy atom. The van der Waals surface area contributed by atoms with Gasteiger partial charge in [-0.1, -0.05) is 0 Å². The molecule has 0 amide bonds. The fourth-order valence-electron chi connectivity index (χ4n) is 1.00. The molecule has 0 aliphatic heterocycles. The van der Waals surface area contributed by atoms with E-state index in [1.807, 2.05) is 0 Å². The SMILES string of the molecule is COc1cc(OCF)c(OC)cc1I. The Morgan fingerprint density at radius 1 is 1.14 bits per heavy atom. The van der Waals surface area contributed by atoms with Crippen LogP contribution in [0, 0.1) is 3.57 Å². The molecule has 1 aromatic carbocycles. The van der Waals surface area contributed by atoms with Crippen LogP contribution in [0.25, 0.3) is 0 Å². The monoisotopic (exact) mass is 312 g/mol. The quantitative estimate of drug-likeness (QED) is 0.800. The van der Waals surface area contributed by atoms with Gasteiger partial charge in [0.2, 0.25) is 6.86 Å². The lowest BCUT2D eigenvalue weighted by molar-refractivity contribution is 0.184. The van der Waals surface area contributed by atoms with E-state index >= 15 is 0 Å². The smallest absolute Gasteiger partial charge is 0.228 e. The predicted octanol–water partition coefficient (Wildman–Crippen LogP) is 2.61. The molecule has 0 bridgehead atoms. The van der Waals surface area contributed by atoms with Crippen molar-refractivity contribution in [3.63, 3.8) is 0 Å². The highest BCUT2D eigenvalue weighted by molar-refractivity contribution is 14.1. The van der Waals surface area contributed by atoms with Crippen molar-refractivity contribution >= 4 is 22.6 Å². The predicted molar refractivity (Wildman–Crippen MR) is 58.9 cm³/mol. The topological polar surface area (TPSA) is 27.7 Å². The van der Waals surface area contributed by atoms with Crippen molar-refractivity contribution in [3.8, 4) is 17.2 Å². The number of hydrogen-bond acceptors (Lipinski definition) is 3. The van der Waals surface area contributed by atoms with Crippen molar-refractivity contribution in [2.75, 3.05) is 21.1 Å². The van der Waals surface area contributed by atoms with Gasteiger partial charge < -0.3 is 14.2 Å². The molecular weight excluding hydrogens is 302 g/mol. The molecule has 0 fully saturated rings. The lowest BCUT2D eigenvalue weighted by Crippen LogP contribution is -1.96. The summed E-state index contributed by atoms with van der Waals surface area (Å²) in [4.78, 5) is 0. The molecular formula is C9H10FIO3. The summed E-state index contributed by atoms with van der Waals surface area (Å²) in [6.45, 7) is -0.889. The van der Waals surface area contributed by atoms with E-state index in [2.05, 4.69) is 22.6 Å². The summed E-state index contributed by atoms with van der Waals surface area (Å²) in [6.07, 6.45) is 0. The number of halogens is 2. The number of benzene rings is 1. The van der Waals surface area contributed by atoms with Crippen molar-refractivity contribution in [2.24, 2.45) is 0 Å². The largest absolute Gasteiger partial charge is 0.496 e. The van der Waals surface area contributed by atoms with E-state index in [-0.39, 0.29) is 0 Å². The maximum Gasteiger partial charge on any atom is 0.228 e. The Morgan fingerprint density at radius 3 is 2.29 bits per heavy atom. The molecule has 0 aromatic heterocycles. The van der Waals surface area contributed by atoms with Gasteiger partial charge in [0.25, 0.3) is 0 Å². The Bertz CT molecular complexity index is 317. The van der Waals surface area contributed by atoms with Gasteiger partial charge in [0.15, 0.2) is 11.5 Å². The van der Waals surface area contributed by atoms with Gasteiger partial charge in [-0.3, -0.25) is 0 Å². The van der Waals surface area contributed by atoms with Gasteiger partial charge in [0, 0.05) is 12.1 Å². The van der Waals surface area contributed by atoms with E-state index in [1.165, 1.54) is 7.11 Å². The second-order valence-electron chi connectivity index (χ2n) is 2.39. The third kappa shape index (κ3) is 2.40. The Hall–Kier alpha value is -0.720. The lowest BCUT2D eigenvalue weighted by Gasteiger charge is -2.11. The van der Waals surface area contributed by atoms with Gasteiger partial charge in [-0.2, -0.15) is 0 Å². The minimum Gasteiger partial charge on any atom is -0.496 e. The first kappa shape index (κ1) is 11.4. The summed E-state index contributed by atoms with van der Waals surface area (Å²) in [5.41, 5.74) is 0. The van der Waals surface area contributed by atoms with Gasteiger partial charge >= 0.3 is 0 Å². The lowest BCUT2D eigenvalue weighted by atomic mass is 10.3. The molecule has 0 aliphatic rings. The van der Waals surface area contributed by atoms with E-state index in [9.17, 15) is 4.39 Å². The van der Waals surface area contributed by atoms with Crippen LogP contribution in [0.3, 0.4) is 0 Å². The van der Waals surface area contributed by atoms with Crippen LogP contribution in [0.15, 0.2) is 12.1 Å². The highest BCUT2D eigenvalue weighted by Gasteiger charge is 2.10. The number of rotatable bonds is 4. The highest BCUT2D eigenvalue weighted by atomic mass is 127. The molecule has 0 aliphatic carbocycles. The van der Waals surface area contributed by atoms with Gasteiger partial charge in [0.05, 0.1) is 17.8 Å². The fourth-order valence-corrected chi connectivity index (χ4v) is 1.66. The van der Waals surface area contributed by atoms with Crippen LogP contribution in [-0.2, 0) is 0 Å². The van der Waals surface area contributed by atoms with Gasteiger partial charge in [-0.25, -0.2) is 4.39 Å². The minimum absolute atomic E-state index is 0.340. The fraction of sp³-hybridized carbons (Fsp3) is 0.333. The van der Waals surface area contributed by atoms with Crippen molar-refractivity contribution in [3.05, 3.63) is 15.7 Å². The normalized spacial score (nSPS) is 9.71. The van der Waals surface area contributed by atoms with E-state index in [0.29, 0.717) is 17.2 Å². The molecule has 0 unspecified atom stereocenters.